The van der Waals surface area contributed by atoms with Crippen LogP contribution in [0.4, 0.5) is 16.2 Å². The molecule has 2 amide bonds. The number of nitrogens with one attached hydrogen (secondary N) is 1. The van der Waals surface area contributed by atoms with E-state index in [0.717, 1.165) is 37.3 Å². The van der Waals surface area contributed by atoms with Crippen LogP contribution in [-0.4, -0.2) is 57.0 Å². The summed E-state index contributed by atoms with van der Waals surface area (Å²) >= 11 is 0. The summed E-state index contributed by atoms with van der Waals surface area (Å²) < 4.78 is 23.3. The fourth-order valence-electron chi connectivity index (χ4n) is 4.09. The van der Waals surface area contributed by atoms with E-state index in [2.05, 4.69) is 34.5 Å². The lowest BCUT2D eigenvalue weighted by Gasteiger charge is -2.32. The van der Waals surface area contributed by atoms with Gasteiger partial charge in [-0.25, -0.2) is 13.2 Å². The van der Waals surface area contributed by atoms with Crippen molar-refractivity contribution in [1.29, 1.82) is 0 Å². The van der Waals surface area contributed by atoms with Gasteiger partial charge >= 0.3 is 6.03 Å². The van der Waals surface area contributed by atoms with Crippen molar-refractivity contribution in [2.75, 3.05) is 47.9 Å². The standard InChI is InChI=1S/C22H27N3O3S/c26-22(25-11-9-19(10-12-25)18-5-2-1-3-6-18)23-20-7-4-8-21(17-20)24-13-15-29(27,28)16-14-24/h1-8,17,19H,9-16H2,(H,23,26). The molecule has 0 bridgehead atoms. The van der Waals surface area contributed by atoms with Crippen molar-refractivity contribution < 1.29 is 13.2 Å². The molecule has 2 aliphatic rings. The molecular weight excluding hydrogens is 386 g/mol. The van der Waals surface area contributed by atoms with Crippen molar-refractivity contribution >= 4 is 27.2 Å². The minimum Gasteiger partial charge on any atom is -0.369 e. The van der Waals surface area contributed by atoms with Gasteiger partial charge in [0.05, 0.1) is 11.5 Å². The summed E-state index contributed by atoms with van der Waals surface area (Å²) in [4.78, 5) is 16.6. The Morgan fingerprint density at radius 2 is 1.59 bits per heavy atom. The topological polar surface area (TPSA) is 69.7 Å². The number of hydrogen-bond acceptors (Lipinski definition) is 4. The van der Waals surface area contributed by atoms with Crippen molar-refractivity contribution in [3.8, 4) is 0 Å². The number of likely N-dealkylation sites (tertiary alicyclic amines) is 1. The highest BCUT2D eigenvalue weighted by Crippen LogP contribution is 2.28. The first kappa shape index (κ1) is 19.8. The minimum atomic E-state index is -2.91. The van der Waals surface area contributed by atoms with Crippen LogP contribution in [0.1, 0.15) is 24.3 Å². The average molecular weight is 414 g/mol. The van der Waals surface area contributed by atoms with Gasteiger partial charge in [0.1, 0.15) is 0 Å². The molecule has 0 aromatic heterocycles. The third kappa shape index (κ3) is 4.90. The van der Waals surface area contributed by atoms with Gasteiger partial charge in [-0.2, -0.15) is 0 Å². The molecule has 7 heteroatoms. The number of urea groups is 1. The van der Waals surface area contributed by atoms with Gasteiger partial charge in [-0.05, 0) is 42.5 Å². The molecule has 2 aromatic rings. The maximum atomic E-state index is 12.7. The van der Waals surface area contributed by atoms with Crippen LogP contribution in [0.5, 0.6) is 0 Å². The van der Waals surface area contributed by atoms with E-state index in [9.17, 15) is 13.2 Å². The number of hydrogen-bond donors (Lipinski definition) is 1. The Morgan fingerprint density at radius 1 is 0.897 bits per heavy atom. The van der Waals surface area contributed by atoms with Gasteiger partial charge in [-0.3, -0.25) is 0 Å². The second kappa shape index (κ2) is 8.45. The summed E-state index contributed by atoms with van der Waals surface area (Å²) in [6.07, 6.45) is 1.94. The van der Waals surface area contributed by atoms with Crippen LogP contribution in [0.25, 0.3) is 0 Å². The van der Waals surface area contributed by atoms with Crippen molar-refractivity contribution in [3.63, 3.8) is 0 Å². The van der Waals surface area contributed by atoms with Crippen LogP contribution in [-0.2, 0) is 9.84 Å². The van der Waals surface area contributed by atoms with Crippen LogP contribution in [0.2, 0.25) is 0 Å². The van der Waals surface area contributed by atoms with E-state index in [1.165, 1.54) is 5.56 Å². The van der Waals surface area contributed by atoms with Gasteiger partial charge in [0.25, 0.3) is 0 Å². The summed E-state index contributed by atoms with van der Waals surface area (Å²) in [5, 5.41) is 3.00. The molecule has 2 aliphatic heterocycles. The predicted octanol–water partition coefficient (Wildman–Crippen LogP) is 3.33. The number of benzene rings is 2. The number of rotatable bonds is 3. The SMILES string of the molecule is O=C(Nc1cccc(N2CCS(=O)(=O)CC2)c1)N1CCC(c2ccccc2)CC1. The van der Waals surface area contributed by atoms with E-state index in [0.29, 0.717) is 19.0 Å². The first-order valence-corrected chi connectivity index (χ1v) is 12.0. The lowest BCUT2D eigenvalue weighted by molar-refractivity contribution is 0.194. The van der Waals surface area contributed by atoms with Gasteiger partial charge in [0.15, 0.2) is 9.84 Å². The van der Waals surface area contributed by atoms with Crippen LogP contribution < -0.4 is 10.2 Å². The van der Waals surface area contributed by atoms with E-state index in [1.54, 1.807) is 0 Å². The number of anilines is 2. The molecule has 4 rings (SSSR count). The second-order valence-corrected chi connectivity index (χ2v) is 10.1. The lowest BCUT2D eigenvalue weighted by atomic mass is 9.90. The summed E-state index contributed by atoms with van der Waals surface area (Å²) in [6.45, 7) is 2.48. The molecule has 0 aliphatic carbocycles. The first-order chi connectivity index (χ1) is 14.0. The number of sulfone groups is 1. The number of amides is 2. The fraction of sp³-hybridized carbons (Fsp3) is 0.409. The van der Waals surface area contributed by atoms with Gasteiger partial charge in [-0.1, -0.05) is 36.4 Å². The molecule has 2 fully saturated rings. The third-order valence-electron chi connectivity index (χ3n) is 5.86. The Hall–Kier alpha value is -2.54. The monoisotopic (exact) mass is 413 g/mol. The van der Waals surface area contributed by atoms with Crippen molar-refractivity contribution in [2.24, 2.45) is 0 Å². The van der Waals surface area contributed by atoms with Crippen LogP contribution >= 0.6 is 0 Å². The molecule has 0 unspecified atom stereocenters. The number of piperidine rings is 1. The molecule has 29 heavy (non-hydrogen) atoms. The molecule has 0 radical (unpaired) electrons. The van der Waals surface area contributed by atoms with E-state index in [-0.39, 0.29) is 17.5 Å². The molecule has 2 heterocycles. The predicted molar refractivity (Wildman–Crippen MR) is 116 cm³/mol. The zero-order chi connectivity index (χ0) is 20.3. The Labute approximate surface area is 172 Å². The van der Waals surface area contributed by atoms with Gasteiger partial charge < -0.3 is 15.1 Å². The molecule has 0 saturated carbocycles. The average Bonchev–Trinajstić information content (AvgIpc) is 2.75. The van der Waals surface area contributed by atoms with E-state index in [1.807, 2.05) is 35.2 Å². The smallest absolute Gasteiger partial charge is 0.321 e. The molecule has 0 atom stereocenters. The molecule has 0 spiro atoms. The molecule has 1 N–H and O–H groups in total. The van der Waals surface area contributed by atoms with E-state index in [4.69, 9.17) is 0 Å². The van der Waals surface area contributed by atoms with Crippen LogP contribution in [0, 0.1) is 0 Å². The second-order valence-electron chi connectivity index (χ2n) is 7.79. The Kier molecular flexibility index (Phi) is 5.76. The quantitative estimate of drug-likeness (QED) is 0.838. The van der Waals surface area contributed by atoms with Crippen LogP contribution in [0.3, 0.4) is 0 Å². The summed E-state index contributed by atoms with van der Waals surface area (Å²) in [5.74, 6) is 0.874. The molecule has 2 aromatic carbocycles. The zero-order valence-corrected chi connectivity index (χ0v) is 17.3. The Bertz CT molecular complexity index is 940. The van der Waals surface area contributed by atoms with E-state index >= 15 is 0 Å². The third-order valence-corrected chi connectivity index (χ3v) is 7.47. The van der Waals surface area contributed by atoms with Gasteiger partial charge in [0.2, 0.25) is 0 Å². The molecule has 2 saturated heterocycles. The van der Waals surface area contributed by atoms with Crippen molar-refractivity contribution in [2.45, 2.75) is 18.8 Å². The fourth-order valence-corrected chi connectivity index (χ4v) is 5.30. The first-order valence-electron chi connectivity index (χ1n) is 10.2. The summed E-state index contributed by atoms with van der Waals surface area (Å²) in [6, 6.07) is 18.1. The van der Waals surface area contributed by atoms with E-state index < -0.39 is 9.84 Å². The normalized spacial score (nSPS) is 19.7. The Balaban J connectivity index is 1.33. The minimum absolute atomic E-state index is 0.0742. The largest absolute Gasteiger partial charge is 0.369 e. The maximum Gasteiger partial charge on any atom is 0.321 e. The van der Waals surface area contributed by atoms with Gasteiger partial charge in [0, 0.05) is 37.6 Å². The lowest BCUT2D eigenvalue weighted by Crippen LogP contribution is -2.41. The summed E-state index contributed by atoms with van der Waals surface area (Å²) in [7, 11) is -2.91. The zero-order valence-electron chi connectivity index (χ0n) is 16.5. The van der Waals surface area contributed by atoms with Gasteiger partial charge in [-0.15, -0.1) is 0 Å². The highest BCUT2D eigenvalue weighted by Gasteiger charge is 2.24. The number of nitrogens with zero attached hydrogens (tertiary/aromatic N) is 2. The highest BCUT2D eigenvalue weighted by molar-refractivity contribution is 7.91. The summed E-state index contributed by atoms with van der Waals surface area (Å²) in [5.41, 5.74) is 3.04. The molecule has 6 nitrogen and oxygen atoms in total. The van der Waals surface area contributed by atoms with Crippen molar-refractivity contribution in [1.82, 2.24) is 4.90 Å². The number of carbonyl (C=O) groups excluding carboxylic acids is 1. The highest BCUT2D eigenvalue weighted by atomic mass is 32.2. The molecule has 154 valence electrons. The van der Waals surface area contributed by atoms with Crippen molar-refractivity contribution in [3.05, 3.63) is 60.2 Å². The number of carbonyl (C=O) groups is 1. The molecular formula is C22H27N3O3S. The Morgan fingerprint density at radius 3 is 2.28 bits per heavy atom. The maximum absolute atomic E-state index is 12.7. The van der Waals surface area contributed by atoms with Crippen LogP contribution in [0.15, 0.2) is 54.6 Å².